The van der Waals surface area contributed by atoms with E-state index in [2.05, 4.69) is 20.6 Å². The summed E-state index contributed by atoms with van der Waals surface area (Å²) in [6, 6.07) is 14.3. The maximum absolute atomic E-state index is 11.8. The number of Topliss-reactive ketones (excluding diaryl/α,β-unsaturated/α-hetero) is 1. The van der Waals surface area contributed by atoms with Crippen LogP contribution >= 0.6 is 11.6 Å². The van der Waals surface area contributed by atoms with Gasteiger partial charge in [0.15, 0.2) is 0 Å². The van der Waals surface area contributed by atoms with E-state index in [1.807, 2.05) is 41.9 Å². The van der Waals surface area contributed by atoms with Crippen LogP contribution in [0.15, 0.2) is 54.7 Å². The van der Waals surface area contributed by atoms with E-state index in [0.29, 0.717) is 22.5 Å². The van der Waals surface area contributed by atoms with Gasteiger partial charge in [0.25, 0.3) is 5.91 Å². The van der Waals surface area contributed by atoms with E-state index in [9.17, 15) is 9.59 Å². The Morgan fingerprint density at radius 3 is 2.64 bits per heavy atom. The van der Waals surface area contributed by atoms with E-state index in [-0.39, 0.29) is 23.8 Å². The Morgan fingerprint density at radius 1 is 1.09 bits per heavy atom. The maximum Gasteiger partial charge on any atom is 0.269 e. The van der Waals surface area contributed by atoms with Crippen LogP contribution in [0, 0.1) is 0 Å². The molecule has 4 aromatic rings. The molecule has 33 heavy (non-hydrogen) atoms. The zero-order valence-electron chi connectivity index (χ0n) is 18.3. The number of aromatic nitrogens is 3. The van der Waals surface area contributed by atoms with E-state index >= 15 is 0 Å². The van der Waals surface area contributed by atoms with Crippen LogP contribution in [-0.4, -0.2) is 33.3 Å². The Balaban J connectivity index is 1.59. The number of hydrogen-bond donors (Lipinski definition) is 2. The zero-order valence-corrected chi connectivity index (χ0v) is 19.1. The fraction of sp³-hybridized carbons (Fsp3) is 0.167. The number of hydrogen-bond acceptors (Lipinski definition) is 6. The van der Waals surface area contributed by atoms with Gasteiger partial charge in [-0.3, -0.25) is 14.6 Å². The zero-order chi connectivity index (χ0) is 23.5. The lowest BCUT2D eigenvalue weighted by atomic mass is 10.1. The molecule has 0 unspecified atom stereocenters. The Labute approximate surface area is 195 Å². The number of ketones is 1. The van der Waals surface area contributed by atoms with Crippen LogP contribution in [0.1, 0.15) is 23.0 Å². The summed E-state index contributed by atoms with van der Waals surface area (Å²) < 4.78 is 7.84. The molecule has 0 saturated heterocycles. The standard InChI is InChI=1S/C24H22ClN5O3/c1-14(31)10-15-11-16(4-6-19(15)25)28-24-29-20-12-17(5-7-22(20)30(24)3)33-18-8-9-27-21(13-18)23(32)26-2/h4-9,11-13H,10H2,1-3H3,(H,26,32)(H,28,29). The van der Waals surface area contributed by atoms with Gasteiger partial charge in [-0.1, -0.05) is 11.6 Å². The molecule has 0 radical (unpaired) electrons. The molecule has 8 nitrogen and oxygen atoms in total. The lowest BCUT2D eigenvalue weighted by Gasteiger charge is -2.09. The third kappa shape index (κ3) is 4.96. The van der Waals surface area contributed by atoms with E-state index < -0.39 is 0 Å². The summed E-state index contributed by atoms with van der Waals surface area (Å²) >= 11 is 6.22. The van der Waals surface area contributed by atoms with E-state index in [0.717, 1.165) is 22.3 Å². The molecule has 9 heteroatoms. The molecule has 168 valence electrons. The van der Waals surface area contributed by atoms with Crippen LogP contribution in [0.4, 0.5) is 11.6 Å². The fourth-order valence-corrected chi connectivity index (χ4v) is 3.59. The fourth-order valence-electron chi connectivity index (χ4n) is 3.40. The van der Waals surface area contributed by atoms with Gasteiger partial charge in [0.05, 0.1) is 11.0 Å². The Bertz CT molecular complexity index is 1370. The van der Waals surface area contributed by atoms with Crippen LogP contribution in [0.3, 0.4) is 0 Å². The van der Waals surface area contributed by atoms with Gasteiger partial charge in [0, 0.05) is 49.6 Å². The van der Waals surface area contributed by atoms with Gasteiger partial charge in [-0.15, -0.1) is 0 Å². The highest BCUT2D eigenvalue weighted by Gasteiger charge is 2.12. The number of rotatable bonds is 7. The van der Waals surface area contributed by atoms with Crippen molar-refractivity contribution in [1.29, 1.82) is 0 Å². The SMILES string of the molecule is CNC(=O)c1cc(Oc2ccc3c(c2)nc(Nc2ccc(Cl)c(CC(C)=O)c2)n3C)ccn1. The number of fused-ring (bicyclic) bond motifs is 1. The molecule has 0 fully saturated rings. The Morgan fingerprint density at radius 2 is 1.88 bits per heavy atom. The van der Waals surface area contributed by atoms with Crippen LogP contribution in [0.2, 0.25) is 5.02 Å². The largest absolute Gasteiger partial charge is 0.457 e. The quantitative estimate of drug-likeness (QED) is 0.414. The molecule has 0 spiro atoms. The maximum atomic E-state index is 11.8. The lowest BCUT2D eigenvalue weighted by molar-refractivity contribution is -0.116. The topological polar surface area (TPSA) is 98.1 Å². The highest BCUT2D eigenvalue weighted by Crippen LogP contribution is 2.29. The summed E-state index contributed by atoms with van der Waals surface area (Å²) in [5.41, 5.74) is 3.45. The predicted molar refractivity (Wildman–Crippen MR) is 128 cm³/mol. The number of imidazole rings is 1. The molecule has 0 aliphatic rings. The number of halogens is 1. The van der Waals surface area contributed by atoms with E-state index in [1.54, 1.807) is 25.2 Å². The summed E-state index contributed by atoms with van der Waals surface area (Å²) in [6.07, 6.45) is 1.79. The molecular weight excluding hydrogens is 442 g/mol. The van der Waals surface area contributed by atoms with Crippen molar-refractivity contribution >= 4 is 46.0 Å². The number of nitrogens with one attached hydrogen (secondary N) is 2. The second-order valence-corrected chi connectivity index (χ2v) is 7.92. The molecule has 4 rings (SSSR count). The summed E-state index contributed by atoms with van der Waals surface area (Å²) in [4.78, 5) is 32.0. The summed E-state index contributed by atoms with van der Waals surface area (Å²) in [5.74, 6) is 1.46. The molecule has 2 N–H and O–H groups in total. The third-order valence-corrected chi connectivity index (χ3v) is 5.39. The molecule has 2 aromatic carbocycles. The second kappa shape index (κ2) is 9.30. The van der Waals surface area contributed by atoms with Crippen LogP contribution in [-0.2, 0) is 18.3 Å². The van der Waals surface area contributed by atoms with Gasteiger partial charge < -0.3 is 19.9 Å². The molecule has 0 aliphatic carbocycles. The molecule has 2 heterocycles. The summed E-state index contributed by atoms with van der Waals surface area (Å²) in [5, 5.41) is 6.38. The Kier molecular flexibility index (Phi) is 6.28. The minimum absolute atomic E-state index is 0.0425. The molecule has 0 saturated carbocycles. The molecule has 0 bridgehead atoms. The normalized spacial score (nSPS) is 10.8. The van der Waals surface area contributed by atoms with Crippen molar-refractivity contribution in [3.63, 3.8) is 0 Å². The number of amides is 1. The first kappa shape index (κ1) is 22.3. The molecule has 0 aliphatic heterocycles. The summed E-state index contributed by atoms with van der Waals surface area (Å²) in [7, 11) is 3.45. The van der Waals surface area contributed by atoms with Crippen molar-refractivity contribution in [1.82, 2.24) is 19.9 Å². The first-order chi connectivity index (χ1) is 15.8. The van der Waals surface area contributed by atoms with Gasteiger partial charge in [-0.25, -0.2) is 4.98 Å². The number of carbonyl (C=O) groups excluding carboxylic acids is 2. The first-order valence-electron chi connectivity index (χ1n) is 10.2. The highest BCUT2D eigenvalue weighted by atomic mass is 35.5. The van der Waals surface area contributed by atoms with Crippen molar-refractivity contribution in [2.24, 2.45) is 7.05 Å². The van der Waals surface area contributed by atoms with Crippen molar-refractivity contribution in [3.8, 4) is 11.5 Å². The predicted octanol–water partition coefficient (Wildman–Crippen LogP) is 4.65. The van der Waals surface area contributed by atoms with Crippen LogP contribution in [0.5, 0.6) is 11.5 Å². The number of benzene rings is 2. The number of ether oxygens (including phenoxy) is 1. The minimum Gasteiger partial charge on any atom is -0.457 e. The molecule has 1 amide bonds. The number of pyridine rings is 1. The Hall–Kier alpha value is -3.91. The van der Waals surface area contributed by atoms with Crippen molar-refractivity contribution < 1.29 is 14.3 Å². The van der Waals surface area contributed by atoms with Gasteiger partial charge in [-0.2, -0.15) is 0 Å². The van der Waals surface area contributed by atoms with Crippen LogP contribution in [0.25, 0.3) is 11.0 Å². The average Bonchev–Trinajstić information content (AvgIpc) is 3.09. The van der Waals surface area contributed by atoms with Gasteiger partial charge in [0.2, 0.25) is 5.95 Å². The third-order valence-electron chi connectivity index (χ3n) is 5.02. The molecule has 0 atom stereocenters. The minimum atomic E-state index is -0.287. The average molecular weight is 464 g/mol. The highest BCUT2D eigenvalue weighted by molar-refractivity contribution is 6.31. The van der Waals surface area contributed by atoms with Gasteiger partial charge >= 0.3 is 0 Å². The number of aryl methyl sites for hydroxylation is 1. The monoisotopic (exact) mass is 463 g/mol. The number of nitrogens with zero attached hydrogens (tertiary/aromatic N) is 3. The molecular formula is C24H22ClN5O3. The first-order valence-corrected chi connectivity index (χ1v) is 10.6. The van der Waals surface area contributed by atoms with Gasteiger partial charge in [-0.05, 0) is 48.9 Å². The number of anilines is 2. The summed E-state index contributed by atoms with van der Waals surface area (Å²) in [6.45, 7) is 1.53. The van der Waals surface area contributed by atoms with Crippen molar-refractivity contribution in [2.45, 2.75) is 13.3 Å². The van der Waals surface area contributed by atoms with E-state index in [1.165, 1.54) is 13.1 Å². The van der Waals surface area contributed by atoms with Crippen molar-refractivity contribution in [3.05, 3.63) is 71.0 Å². The van der Waals surface area contributed by atoms with Crippen LogP contribution < -0.4 is 15.4 Å². The second-order valence-electron chi connectivity index (χ2n) is 7.51. The van der Waals surface area contributed by atoms with E-state index in [4.69, 9.17) is 16.3 Å². The lowest BCUT2D eigenvalue weighted by Crippen LogP contribution is -2.18. The molecule has 2 aromatic heterocycles. The van der Waals surface area contributed by atoms with Gasteiger partial charge in [0.1, 0.15) is 23.0 Å². The van der Waals surface area contributed by atoms with Crippen molar-refractivity contribution in [2.75, 3.05) is 12.4 Å². The smallest absolute Gasteiger partial charge is 0.269 e. The number of carbonyl (C=O) groups is 2.